The number of nitrogens with one attached hydrogen (secondary N) is 1. The normalized spacial score (nSPS) is 14.2. The molecule has 0 aliphatic carbocycles. The summed E-state index contributed by atoms with van der Waals surface area (Å²) in [6, 6.07) is 8.49. The Hall–Kier alpha value is -2.66. The van der Waals surface area contributed by atoms with Crippen molar-refractivity contribution in [2.24, 2.45) is 0 Å². The van der Waals surface area contributed by atoms with Gasteiger partial charge in [0.05, 0.1) is 6.42 Å². The van der Waals surface area contributed by atoms with Crippen LogP contribution in [0.25, 0.3) is 10.1 Å². The first-order valence-corrected chi connectivity index (χ1v) is 10.9. The third kappa shape index (κ3) is 5.24. The maximum atomic E-state index is 12.7. The monoisotopic (exact) mass is 451 g/mol. The molecule has 11 heteroatoms. The van der Waals surface area contributed by atoms with Gasteiger partial charge in [0.1, 0.15) is 4.90 Å². The van der Waals surface area contributed by atoms with Gasteiger partial charge in [-0.1, -0.05) is 19.4 Å². The fourth-order valence-corrected chi connectivity index (χ4v) is 4.29. The van der Waals surface area contributed by atoms with Gasteiger partial charge in [-0.15, -0.1) is 11.3 Å². The van der Waals surface area contributed by atoms with E-state index in [1.54, 1.807) is 24.3 Å². The van der Waals surface area contributed by atoms with Gasteiger partial charge in [0.15, 0.2) is 0 Å². The van der Waals surface area contributed by atoms with Crippen LogP contribution >= 0.6 is 21.6 Å². The van der Waals surface area contributed by atoms with Gasteiger partial charge >= 0.3 is 16.2 Å². The van der Waals surface area contributed by atoms with E-state index in [-0.39, 0.29) is 24.1 Å². The maximum absolute atomic E-state index is 12.7. The largest absolute Gasteiger partial charge is 0.481 e. The standard InChI is InChI=1S/C18H14F5NO3S2/c19-29(20,21,22,23)15-5-1-11(2-6-15)18(27)24-13-3-7-16-12(9-13)10-14(28-16)4-8-17(25)26/h1-3,5-7,9-10H,4,8H2,(H,24,27)(H,25,26). The highest BCUT2D eigenvalue weighted by atomic mass is 32.5. The average Bonchev–Trinajstić information content (AvgIpc) is 3.00. The molecular formula is C18H14F5NO3S2. The number of carboxylic acids is 1. The minimum atomic E-state index is -9.78. The van der Waals surface area contributed by atoms with Gasteiger partial charge in [0.2, 0.25) is 0 Å². The molecule has 1 amide bonds. The van der Waals surface area contributed by atoms with Crippen molar-refractivity contribution in [1.29, 1.82) is 0 Å². The van der Waals surface area contributed by atoms with Crippen LogP contribution in [-0.4, -0.2) is 17.0 Å². The number of aryl methyl sites for hydroxylation is 1. The zero-order valence-corrected chi connectivity index (χ0v) is 16.1. The van der Waals surface area contributed by atoms with Gasteiger partial charge in [0, 0.05) is 20.8 Å². The zero-order valence-electron chi connectivity index (χ0n) is 14.5. The van der Waals surface area contributed by atoms with E-state index >= 15 is 0 Å². The zero-order chi connectivity index (χ0) is 21.5. The fourth-order valence-electron chi connectivity index (χ4n) is 2.60. The molecule has 2 N–H and O–H groups in total. The van der Waals surface area contributed by atoms with Crippen LogP contribution in [0.5, 0.6) is 0 Å². The minimum Gasteiger partial charge on any atom is -0.481 e. The van der Waals surface area contributed by atoms with E-state index < -0.39 is 27.0 Å². The summed E-state index contributed by atoms with van der Waals surface area (Å²) in [6.07, 6.45) is 0.361. The van der Waals surface area contributed by atoms with Gasteiger partial charge in [-0.2, -0.15) is 0 Å². The molecule has 3 aromatic rings. The Balaban J connectivity index is 1.76. The summed E-state index contributed by atoms with van der Waals surface area (Å²) in [7, 11) is -9.78. The Morgan fingerprint density at radius 3 is 2.21 bits per heavy atom. The number of hydrogen-bond donors (Lipinski definition) is 2. The second-order valence-corrected chi connectivity index (χ2v) is 9.88. The molecule has 29 heavy (non-hydrogen) atoms. The number of amides is 1. The van der Waals surface area contributed by atoms with E-state index in [0.29, 0.717) is 24.2 Å². The lowest BCUT2D eigenvalue weighted by Crippen LogP contribution is -2.12. The molecule has 4 nitrogen and oxygen atoms in total. The molecule has 0 aliphatic rings. The topological polar surface area (TPSA) is 66.4 Å². The fraction of sp³-hybridized carbons (Fsp3) is 0.111. The van der Waals surface area contributed by atoms with Crippen molar-refractivity contribution in [3.63, 3.8) is 0 Å². The summed E-state index contributed by atoms with van der Waals surface area (Å²) in [4.78, 5) is 21.7. The van der Waals surface area contributed by atoms with E-state index in [9.17, 15) is 29.0 Å². The Bertz CT molecular complexity index is 1110. The van der Waals surface area contributed by atoms with Crippen molar-refractivity contribution >= 4 is 49.2 Å². The molecule has 1 heterocycles. The average molecular weight is 451 g/mol. The summed E-state index contributed by atoms with van der Waals surface area (Å²) in [5.74, 6) is -1.66. The van der Waals surface area contributed by atoms with E-state index in [2.05, 4.69) is 5.32 Å². The molecule has 0 radical (unpaired) electrons. The first-order valence-electron chi connectivity index (χ1n) is 8.11. The van der Waals surface area contributed by atoms with Crippen LogP contribution < -0.4 is 5.32 Å². The molecule has 0 saturated heterocycles. The number of rotatable bonds is 6. The molecule has 0 spiro atoms. The van der Waals surface area contributed by atoms with Crippen molar-refractivity contribution < 1.29 is 34.1 Å². The summed E-state index contributed by atoms with van der Waals surface area (Å²) in [6.45, 7) is 0. The number of anilines is 1. The van der Waals surface area contributed by atoms with Crippen LogP contribution in [0.15, 0.2) is 53.4 Å². The van der Waals surface area contributed by atoms with Crippen molar-refractivity contribution in [2.75, 3.05) is 5.32 Å². The number of carbonyl (C=O) groups is 2. The lowest BCUT2D eigenvalue weighted by molar-refractivity contribution is -0.136. The van der Waals surface area contributed by atoms with Gasteiger partial charge in [-0.05, 0) is 60.3 Å². The van der Waals surface area contributed by atoms with Crippen molar-refractivity contribution in [2.45, 2.75) is 17.7 Å². The molecule has 0 aliphatic heterocycles. The van der Waals surface area contributed by atoms with Gasteiger partial charge in [-0.3, -0.25) is 9.59 Å². The van der Waals surface area contributed by atoms with Crippen molar-refractivity contribution in [3.05, 3.63) is 59.0 Å². The minimum absolute atomic E-state index is 0.00855. The highest BCUT2D eigenvalue weighted by Crippen LogP contribution is 3.02. The molecule has 0 fully saturated rings. The van der Waals surface area contributed by atoms with Crippen LogP contribution in [0.3, 0.4) is 0 Å². The smallest absolute Gasteiger partial charge is 0.310 e. The van der Waals surface area contributed by atoms with Crippen LogP contribution in [-0.2, 0) is 11.2 Å². The third-order valence-corrected chi connectivity index (χ3v) is 6.31. The van der Waals surface area contributed by atoms with E-state index in [0.717, 1.165) is 15.0 Å². The first-order chi connectivity index (χ1) is 13.2. The van der Waals surface area contributed by atoms with Gasteiger partial charge in [0.25, 0.3) is 5.91 Å². The number of aliphatic carboxylic acids is 1. The number of carboxylic acid groups (broad SMARTS) is 1. The molecular weight excluding hydrogens is 437 g/mol. The number of benzene rings is 2. The number of thiophene rings is 1. The summed E-state index contributed by atoms with van der Waals surface area (Å²) >= 11 is 1.42. The van der Waals surface area contributed by atoms with Gasteiger partial charge in [-0.25, -0.2) is 0 Å². The summed E-state index contributed by atoms with van der Waals surface area (Å²) in [5.41, 5.74) is 0.157. The Morgan fingerprint density at radius 1 is 0.966 bits per heavy atom. The van der Waals surface area contributed by atoms with E-state index in [4.69, 9.17) is 5.11 Å². The van der Waals surface area contributed by atoms with E-state index in [1.807, 2.05) is 0 Å². The van der Waals surface area contributed by atoms with Gasteiger partial charge < -0.3 is 10.4 Å². The Morgan fingerprint density at radius 2 is 1.62 bits per heavy atom. The molecule has 1 aromatic heterocycles. The predicted molar refractivity (Wildman–Crippen MR) is 104 cm³/mol. The SMILES string of the molecule is O=C(O)CCc1cc2cc(NC(=O)c3ccc(S(F)(F)(F)(F)F)cc3)ccc2s1. The van der Waals surface area contributed by atoms with Crippen molar-refractivity contribution in [3.8, 4) is 0 Å². The van der Waals surface area contributed by atoms with Crippen molar-refractivity contribution in [1.82, 2.24) is 0 Å². The van der Waals surface area contributed by atoms with Crippen LogP contribution in [0.1, 0.15) is 21.7 Å². The molecule has 0 atom stereocenters. The predicted octanol–water partition coefficient (Wildman–Crippen LogP) is 6.83. The molecule has 3 rings (SSSR count). The summed E-state index contributed by atoms with van der Waals surface area (Å²) in [5, 5.41) is 12.0. The second-order valence-electron chi connectivity index (χ2n) is 6.31. The quantitative estimate of drug-likeness (QED) is 0.404. The lowest BCUT2D eigenvalue weighted by atomic mass is 10.2. The number of fused-ring (bicyclic) bond motifs is 1. The van der Waals surface area contributed by atoms with Crippen LogP contribution in [0.2, 0.25) is 0 Å². The summed E-state index contributed by atoms with van der Waals surface area (Å²) < 4.78 is 64.6. The Kier molecular flexibility index (Phi) is 4.67. The lowest BCUT2D eigenvalue weighted by Gasteiger charge is -2.40. The molecule has 2 aromatic carbocycles. The Labute approximate surface area is 165 Å². The second kappa shape index (κ2) is 6.42. The van der Waals surface area contributed by atoms with Crippen LogP contribution in [0, 0.1) is 0 Å². The number of carbonyl (C=O) groups excluding carboxylic acids is 1. The maximum Gasteiger partial charge on any atom is 0.310 e. The highest BCUT2D eigenvalue weighted by Gasteiger charge is 2.65. The molecule has 0 bridgehead atoms. The highest BCUT2D eigenvalue weighted by molar-refractivity contribution is 8.45. The number of hydrogen-bond acceptors (Lipinski definition) is 3. The third-order valence-electron chi connectivity index (χ3n) is 3.97. The number of halogens is 5. The molecule has 0 saturated carbocycles. The molecule has 156 valence electrons. The molecule has 0 unspecified atom stereocenters. The first kappa shape index (κ1) is 21.1. The van der Waals surface area contributed by atoms with Crippen LogP contribution in [0.4, 0.5) is 25.1 Å². The van der Waals surface area contributed by atoms with E-state index in [1.165, 1.54) is 11.3 Å².